The summed E-state index contributed by atoms with van der Waals surface area (Å²) in [5.41, 5.74) is 0.788. The van der Waals surface area contributed by atoms with Crippen LogP contribution in [0.5, 0.6) is 0 Å². The summed E-state index contributed by atoms with van der Waals surface area (Å²) in [5, 5.41) is 2.82. The fraction of sp³-hybridized carbons (Fsp3) is 0.500. The molecule has 1 aromatic carbocycles. The Morgan fingerprint density at radius 1 is 1.17 bits per heavy atom. The molecule has 0 aliphatic carbocycles. The zero-order valence-corrected chi connectivity index (χ0v) is 14.4. The Hall–Kier alpha value is -2.37. The van der Waals surface area contributed by atoms with E-state index in [2.05, 4.69) is 5.32 Å². The van der Waals surface area contributed by atoms with Crippen molar-refractivity contribution in [3.63, 3.8) is 0 Å². The minimum atomic E-state index is -0.483. The highest BCUT2D eigenvalue weighted by Gasteiger charge is 2.28. The van der Waals surface area contributed by atoms with E-state index in [-0.39, 0.29) is 23.7 Å². The Kier molecular flexibility index (Phi) is 5.95. The van der Waals surface area contributed by atoms with E-state index in [4.69, 9.17) is 4.74 Å². The molecule has 6 heteroatoms. The Morgan fingerprint density at radius 3 is 2.38 bits per heavy atom. The van der Waals surface area contributed by atoms with Crippen LogP contribution >= 0.6 is 0 Å². The highest BCUT2D eigenvalue weighted by atomic mass is 16.5. The van der Waals surface area contributed by atoms with Gasteiger partial charge in [0.2, 0.25) is 11.8 Å². The Morgan fingerprint density at radius 2 is 1.79 bits per heavy atom. The van der Waals surface area contributed by atoms with Gasteiger partial charge in [-0.15, -0.1) is 0 Å². The topological polar surface area (TPSA) is 75.7 Å². The second-order valence-electron chi connectivity index (χ2n) is 6.28. The van der Waals surface area contributed by atoms with Crippen molar-refractivity contribution in [2.45, 2.75) is 26.7 Å². The van der Waals surface area contributed by atoms with Gasteiger partial charge in [-0.25, -0.2) is 4.79 Å². The molecule has 0 saturated carbocycles. The van der Waals surface area contributed by atoms with Gasteiger partial charge in [0.05, 0.1) is 18.4 Å². The number of hydrogen-bond donors (Lipinski definition) is 1. The highest BCUT2D eigenvalue weighted by molar-refractivity contribution is 6.01. The molecule has 1 saturated heterocycles. The molecule has 24 heavy (non-hydrogen) atoms. The summed E-state index contributed by atoms with van der Waals surface area (Å²) in [6.07, 6.45) is 1.26. The normalized spacial score (nSPS) is 15.2. The third-order valence-corrected chi connectivity index (χ3v) is 4.26. The van der Waals surface area contributed by atoms with Crippen LogP contribution in [-0.2, 0) is 14.3 Å². The highest BCUT2D eigenvalue weighted by Crippen LogP contribution is 2.22. The van der Waals surface area contributed by atoms with Crippen LogP contribution < -0.4 is 5.32 Å². The van der Waals surface area contributed by atoms with Gasteiger partial charge in [0, 0.05) is 24.9 Å². The maximum Gasteiger partial charge on any atom is 0.339 e. The molecule has 1 heterocycles. The summed E-state index contributed by atoms with van der Waals surface area (Å²) < 4.78 is 4.73. The first-order valence-electron chi connectivity index (χ1n) is 8.21. The monoisotopic (exact) mass is 332 g/mol. The number of carbonyl (C=O) groups excluding carboxylic acids is 3. The van der Waals surface area contributed by atoms with E-state index < -0.39 is 5.97 Å². The lowest BCUT2D eigenvalue weighted by molar-refractivity contribution is -0.137. The lowest BCUT2D eigenvalue weighted by atomic mass is 9.95. The first-order valence-corrected chi connectivity index (χ1v) is 8.21. The van der Waals surface area contributed by atoms with Gasteiger partial charge in [-0.3, -0.25) is 9.59 Å². The number of likely N-dealkylation sites (tertiary alicyclic amines) is 1. The number of anilines is 1. The molecule has 1 aliphatic heterocycles. The molecule has 1 aromatic rings. The van der Waals surface area contributed by atoms with Crippen molar-refractivity contribution in [1.29, 1.82) is 0 Å². The predicted molar refractivity (Wildman–Crippen MR) is 90.6 cm³/mol. The van der Waals surface area contributed by atoms with Crippen LogP contribution in [0.3, 0.4) is 0 Å². The Balaban J connectivity index is 1.98. The second-order valence-corrected chi connectivity index (χ2v) is 6.28. The number of nitrogens with zero attached hydrogens (tertiary/aromatic N) is 1. The van der Waals surface area contributed by atoms with Crippen LogP contribution in [0, 0.1) is 11.8 Å². The van der Waals surface area contributed by atoms with Gasteiger partial charge in [0.25, 0.3) is 0 Å². The zero-order valence-electron chi connectivity index (χ0n) is 14.4. The van der Waals surface area contributed by atoms with Crippen molar-refractivity contribution < 1.29 is 19.1 Å². The molecule has 0 spiro atoms. The van der Waals surface area contributed by atoms with E-state index in [1.807, 2.05) is 18.7 Å². The van der Waals surface area contributed by atoms with E-state index in [9.17, 15) is 14.4 Å². The number of rotatable bonds is 4. The average Bonchev–Trinajstić information content (AvgIpc) is 2.60. The summed E-state index contributed by atoms with van der Waals surface area (Å²) in [7, 11) is 1.31. The van der Waals surface area contributed by atoms with E-state index in [1.54, 1.807) is 24.3 Å². The maximum atomic E-state index is 12.5. The van der Waals surface area contributed by atoms with Crippen LogP contribution in [-0.4, -0.2) is 42.9 Å². The third kappa shape index (κ3) is 4.13. The van der Waals surface area contributed by atoms with E-state index >= 15 is 0 Å². The van der Waals surface area contributed by atoms with Gasteiger partial charge in [0.1, 0.15) is 0 Å². The number of piperidine rings is 1. The molecule has 0 aromatic heterocycles. The molecule has 1 fully saturated rings. The fourth-order valence-electron chi connectivity index (χ4n) is 2.84. The molecule has 1 aliphatic rings. The first kappa shape index (κ1) is 18.0. The van der Waals surface area contributed by atoms with Gasteiger partial charge in [0.15, 0.2) is 0 Å². The lowest BCUT2D eigenvalue weighted by Gasteiger charge is -2.32. The number of amides is 2. The van der Waals surface area contributed by atoms with Crippen LogP contribution in [0.15, 0.2) is 24.3 Å². The number of esters is 1. The van der Waals surface area contributed by atoms with Crippen LogP contribution in [0.25, 0.3) is 0 Å². The van der Waals surface area contributed by atoms with Gasteiger partial charge in [-0.05, 0) is 25.0 Å². The Bertz CT molecular complexity index is 619. The molecule has 2 amide bonds. The molecule has 0 atom stereocenters. The quantitative estimate of drug-likeness (QED) is 0.859. The predicted octanol–water partition coefficient (Wildman–Crippen LogP) is 2.31. The third-order valence-electron chi connectivity index (χ3n) is 4.26. The minimum Gasteiger partial charge on any atom is -0.465 e. The maximum absolute atomic E-state index is 12.5. The van der Waals surface area contributed by atoms with Gasteiger partial charge in [-0.2, -0.15) is 0 Å². The van der Waals surface area contributed by atoms with Crippen LogP contribution in [0.1, 0.15) is 37.0 Å². The smallest absolute Gasteiger partial charge is 0.339 e. The number of benzene rings is 1. The molecule has 130 valence electrons. The summed E-state index contributed by atoms with van der Waals surface area (Å²) in [6, 6.07) is 6.77. The molecule has 0 radical (unpaired) electrons. The standard InChI is InChI=1S/C18H24N2O4/c1-12(2)17(22)20-10-8-13(9-11-20)16(21)19-15-7-5-4-6-14(15)18(23)24-3/h4-7,12-13H,8-11H2,1-3H3,(H,19,21). The van der Waals surface area contributed by atoms with Crippen molar-refractivity contribution in [2.24, 2.45) is 11.8 Å². The van der Waals surface area contributed by atoms with Crippen molar-refractivity contribution in [3.8, 4) is 0 Å². The molecule has 2 rings (SSSR count). The van der Waals surface area contributed by atoms with E-state index in [0.717, 1.165) is 0 Å². The number of para-hydroxylation sites is 1. The summed E-state index contributed by atoms with van der Waals surface area (Å²) in [5.74, 6) is -0.662. The molecular formula is C18H24N2O4. The van der Waals surface area contributed by atoms with Gasteiger partial charge >= 0.3 is 5.97 Å². The zero-order chi connectivity index (χ0) is 17.7. The summed E-state index contributed by atoms with van der Waals surface area (Å²) >= 11 is 0. The van der Waals surface area contributed by atoms with Crippen molar-refractivity contribution >= 4 is 23.5 Å². The number of carbonyl (C=O) groups is 3. The first-order chi connectivity index (χ1) is 11.4. The SMILES string of the molecule is COC(=O)c1ccccc1NC(=O)C1CCN(C(=O)C(C)C)CC1. The lowest BCUT2D eigenvalue weighted by Crippen LogP contribution is -2.43. The number of hydrogen-bond acceptors (Lipinski definition) is 4. The average molecular weight is 332 g/mol. The van der Waals surface area contributed by atoms with Crippen molar-refractivity contribution in [2.75, 3.05) is 25.5 Å². The summed E-state index contributed by atoms with van der Waals surface area (Å²) in [4.78, 5) is 38.0. The van der Waals surface area contributed by atoms with Gasteiger partial charge in [-0.1, -0.05) is 26.0 Å². The molecular weight excluding hydrogens is 308 g/mol. The molecule has 0 bridgehead atoms. The number of methoxy groups -OCH3 is 1. The van der Waals surface area contributed by atoms with Gasteiger partial charge < -0.3 is 15.0 Å². The van der Waals surface area contributed by atoms with Crippen LogP contribution in [0.4, 0.5) is 5.69 Å². The van der Waals surface area contributed by atoms with Crippen LogP contribution in [0.2, 0.25) is 0 Å². The molecule has 1 N–H and O–H groups in total. The Labute approximate surface area is 142 Å². The number of ether oxygens (including phenoxy) is 1. The second kappa shape index (κ2) is 7.95. The molecule has 6 nitrogen and oxygen atoms in total. The minimum absolute atomic E-state index is 0.0256. The fourth-order valence-corrected chi connectivity index (χ4v) is 2.84. The largest absolute Gasteiger partial charge is 0.465 e. The molecule has 0 unspecified atom stereocenters. The van der Waals surface area contributed by atoms with E-state index in [0.29, 0.717) is 37.2 Å². The van der Waals surface area contributed by atoms with Crippen molar-refractivity contribution in [3.05, 3.63) is 29.8 Å². The number of nitrogens with one attached hydrogen (secondary N) is 1. The van der Waals surface area contributed by atoms with E-state index in [1.165, 1.54) is 7.11 Å². The van der Waals surface area contributed by atoms with Crippen molar-refractivity contribution in [1.82, 2.24) is 4.90 Å². The summed E-state index contributed by atoms with van der Waals surface area (Å²) in [6.45, 7) is 4.94.